The van der Waals surface area contributed by atoms with Crippen LogP contribution in [0.5, 0.6) is 0 Å². The van der Waals surface area contributed by atoms with Gasteiger partial charge in [-0.1, -0.05) is 24.3 Å². The van der Waals surface area contributed by atoms with Gasteiger partial charge in [0.15, 0.2) is 0 Å². The number of benzene rings is 1. The topological polar surface area (TPSA) is 81.0 Å². The van der Waals surface area contributed by atoms with Crippen LogP contribution in [0.15, 0.2) is 51.8 Å². The largest absolute Gasteiger partial charge is 0.372 e. The number of aromatic nitrogens is 2. The Morgan fingerprint density at radius 2 is 1.82 bits per heavy atom. The highest BCUT2D eigenvalue weighted by molar-refractivity contribution is 5.57. The van der Waals surface area contributed by atoms with E-state index in [9.17, 15) is 14.0 Å². The van der Waals surface area contributed by atoms with E-state index in [2.05, 4.69) is 41.0 Å². The minimum Gasteiger partial charge on any atom is -0.372 e. The fourth-order valence-electron chi connectivity index (χ4n) is 2.88. The molecule has 0 spiro atoms. The van der Waals surface area contributed by atoms with Crippen molar-refractivity contribution in [3.8, 4) is 0 Å². The first-order valence-electron chi connectivity index (χ1n) is 8.93. The molecule has 0 bridgehead atoms. The van der Waals surface area contributed by atoms with Crippen molar-refractivity contribution in [2.45, 2.75) is 26.3 Å². The lowest BCUT2D eigenvalue weighted by Crippen LogP contribution is -2.47. The van der Waals surface area contributed by atoms with Crippen LogP contribution in [0.2, 0.25) is 0 Å². The quantitative estimate of drug-likeness (QED) is 0.739. The molecule has 0 radical (unpaired) electrons. The second-order valence-corrected chi connectivity index (χ2v) is 7.49. The molecular formula is C21H23FN4O2. The van der Waals surface area contributed by atoms with Crippen LogP contribution in [0.25, 0.3) is 18.2 Å². The molecule has 146 valence electrons. The van der Waals surface area contributed by atoms with Gasteiger partial charge in [0.25, 0.3) is 11.1 Å². The van der Waals surface area contributed by atoms with Crippen molar-refractivity contribution in [2.75, 3.05) is 6.67 Å². The van der Waals surface area contributed by atoms with Crippen LogP contribution in [0.3, 0.4) is 0 Å². The van der Waals surface area contributed by atoms with Crippen LogP contribution in [-0.2, 0) is 0 Å². The first kappa shape index (κ1) is 19.4. The average Bonchev–Trinajstić information content (AvgIpc) is 3.08. The van der Waals surface area contributed by atoms with Crippen LogP contribution >= 0.6 is 0 Å². The van der Waals surface area contributed by atoms with Gasteiger partial charge in [0, 0.05) is 11.7 Å². The van der Waals surface area contributed by atoms with Gasteiger partial charge < -0.3 is 20.2 Å². The summed E-state index contributed by atoms with van der Waals surface area (Å²) in [5.41, 5.74) is 0.531. The van der Waals surface area contributed by atoms with Crippen LogP contribution in [0, 0.1) is 5.82 Å². The Kier molecular flexibility index (Phi) is 5.35. The Labute approximate surface area is 161 Å². The van der Waals surface area contributed by atoms with Gasteiger partial charge in [-0.3, -0.25) is 9.59 Å². The fraction of sp³-hybridized carbons (Fsp3) is 0.238. The Balaban J connectivity index is 1.94. The molecule has 1 aromatic carbocycles. The van der Waals surface area contributed by atoms with E-state index in [0.717, 1.165) is 5.70 Å². The fourth-order valence-corrected chi connectivity index (χ4v) is 2.88. The number of nitrogens with one attached hydrogen (secondary N) is 3. The smallest absolute Gasteiger partial charge is 0.272 e. The van der Waals surface area contributed by atoms with Crippen molar-refractivity contribution in [1.82, 2.24) is 20.2 Å². The van der Waals surface area contributed by atoms with Gasteiger partial charge in [-0.2, -0.15) is 0 Å². The van der Waals surface area contributed by atoms with Gasteiger partial charge in [0.05, 0.1) is 12.4 Å². The Bertz CT molecular complexity index is 1170. The predicted octanol–water partition coefficient (Wildman–Crippen LogP) is 0.979. The van der Waals surface area contributed by atoms with Crippen molar-refractivity contribution in [3.63, 3.8) is 0 Å². The molecule has 0 atom stereocenters. The molecule has 2 aromatic rings. The van der Waals surface area contributed by atoms with Crippen molar-refractivity contribution < 1.29 is 4.39 Å². The predicted molar refractivity (Wildman–Crippen MR) is 109 cm³/mol. The number of rotatable bonds is 3. The number of hydrogen-bond acceptors (Lipinski definition) is 4. The third kappa shape index (κ3) is 4.49. The van der Waals surface area contributed by atoms with Crippen molar-refractivity contribution >= 4 is 18.2 Å². The number of allylic oxidation sites excluding steroid dienone is 2. The van der Waals surface area contributed by atoms with E-state index in [4.69, 9.17) is 0 Å². The molecule has 0 aliphatic carbocycles. The Hall–Kier alpha value is -3.35. The minimum atomic E-state index is -0.413. The van der Waals surface area contributed by atoms with Crippen LogP contribution < -0.4 is 27.1 Å². The van der Waals surface area contributed by atoms with E-state index in [1.165, 1.54) is 18.2 Å². The highest BCUT2D eigenvalue weighted by Gasteiger charge is 2.25. The highest BCUT2D eigenvalue weighted by Crippen LogP contribution is 2.21. The van der Waals surface area contributed by atoms with Crippen molar-refractivity contribution in [3.05, 3.63) is 85.0 Å². The van der Waals surface area contributed by atoms with Gasteiger partial charge in [-0.25, -0.2) is 4.39 Å². The molecule has 28 heavy (non-hydrogen) atoms. The number of nitrogens with zero attached hydrogens (tertiary/aromatic N) is 1. The van der Waals surface area contributed by atoms with Gasteiger partial charge >= 0.3 is 0 Å². The maximum atomic E-state index is 13.2. The van der Waals surface area contributed by atoms with E-state index in [1.54, 1.807) is 30.4 Å². The van der Waals surface area contributed by atoms with Crippen molar-refractivity contribution in [2.24, 2.45) is 0 Å². The van der Waals surface area contributed by atoms with Crippen LogP contribution in [0.1, 0.15) is 26.3 Å². The maximum Gasteiger partial charge on any atom is 0.272 e. The summed E-state index contributed by atoms with van der Waals surface area (Å²) in [7, 11) is 0. The Morgan fingerprint density at radius 3 is 2.54 bits per heavy atom. The number of halogens is 1. The molecule has 0 amide bonds. The maximum absolute atomic E-state index is 13.2. The summed E-state index contributed by atoms with van der Waals surface area (Å²) >= 11 is 0. The summed E-state index contributed by atoms with van der Waals surface area (Å²) in [4.78, 5) is 32.0. The third-order valence-corrected chi connectivity index (χ3v) is 4.30. The monoisotopic (exact) mass is 382 g/mol. The number of H-pyrrole nitrogens is 2. The molecule has 1 aliphatic heterocycles. The molecule has 7 heteroatoms. The molecule has 0 unspecified atom stereocenters. The standard InChI is InChI=1S/C21H23FN4O2/c1-21(2,3)26-13-23-12-16(26)11-18-20(28)24-17(19(27)25-18)9-5-7-14-6-4-8-15(22)10-14/h4-12,23H,13H2,1-3H3,(H,24,28)(H,25,27)/b7-5+,17-9-,18-11+. The molecule has 3 N–H and O–H groups in total. The van der Waals surface area contributed by atoms with E-state index in [1.807, 2.05) is 6.20 Å². The third-order valence-electron chi connectivity index (χ3n) is 4.30. The molecule has 0 saturated heterocycles. The second-order valence-electron chi connectivity index (χ2n) is 7.49. The molecule has 6 nitrogen and oxygen atoms in total. The average molecular weight is 382 g/mol. The van der Waals surface area contributed by atoms with Crippen LogP contribution in [-0.4, -0.2) is 27.1 Å². The van der Waals surface area contributed by atoms with Crippen molar-refractivity contribution in [1.29, 1.82) is 0 Å². The van der Waals surface area contributed by atoms with E-state index < -0.39 is 11.1 Å². The summed E-state index contributed by atoms with van der Waals surface area (Å²) in [5.74, 6) is -0.340. The first-order chi connectivity index (χ1) is 13.2. The van der Waals surface area contributed by atoms with Gasteiger partial charge in [-0.15, -0.1) is 0 Å². The lowest BCUT2D eigenvalue weighted by atomic mass is 10.1. The molecule has 0 saturated carbocycles. The Morgan fingerprint density at radius 1 is 1.11 bits per heavy atom. The zero-order chi connectivity index (χ0) is 20.3. The van der Waals surface area contributed by atoms with Gasteiger partial charge in [0.1, 0.15) is 16.5 Å². The lowest BCUT2D eigenvalue weighted by Gasteiger charge is -2.34. The molecule has 0 fully saturated rings. The molecule has 2 heterocycles. The summed E-state index contributed by atoms with van der Waals surface area (Å²) < 4.78 is 13.2. The summed E-state index contributed by atoms with van der Waals surface area (Å²) in [5, 5.41) is 3.44. The number of hydrogen-bond donors (Lipinski definition) is 3. The summed E-state index contributed by atoms with van der Waals surface area (Å²) in [6.07, 6.45) is 8.18. The second kappa shape index (κ2) is 7.72. The van der Waals surface area contributed by atoms with Crippen LogP contribution in [0.4, 0.5) is 4.39 Å². The molecule has 1 aromatic heterocycles. The minimum absolute atomic E-state index is 0.126. The normalized spacial score (nSPS) is 16.0. The van der Waals surface area contributed by atoms with E-state index in [-0.39, 0.29) is 22.1 Å². The SMILES string of the molecule is CC(C)(C)N1CNC=C1/C=c1/[nH]c(=O)/c(=C/C=C/c2cccc(F)c2)[nH]c1=O. The van der Waals surface area contributed by atoms with E-state index >= 15 is 0 Å². The molecule has 3 rings (SSSR count). The highest BCUT2D eigenvalue weighted by atomic mass is 19.1. The van der Waals surface area contributed by atoms with Gasteiger partial charge in [0.2, 0.25) is 0 Å². The molecule has 1 aliphatic rings. The van der Waals surface area contributed by atoms with Gasteiger partial charge in [-0.05, 0) is 50.6 Å². The lowest BCUT2D eigenvalue weighted by molar-refractivity contribution is 0.205. The van der Waals surface area contributed by atoms with E-state index in [0.29, 0.717) is 12.2 Å². The summed E-state index contributed by atoms with van der Waals surface area (Å²) in [6, 6.07) is 6.07. The first-order valence-corrected chi connectivity index (χ1v) is 8.93. The zero-order valence-corrected chi connectivity index (χ0v) is 16.0. The zero-order valence-electron chi connectivity index (χ0n) is 16.0. The molecular weight excluding hydrogens is 359 g/mol. The number of aromatic amines is 2. The summed E-state index contributed by atoms with van der Waals surface area (Å²) in [6.45, 7) is 6.83.